The molecule has 0 aliphatic heterocycles. The second-order valence-corrected chi connectivity index (χ2v) is 5.86. The Kier molecular flexibility index (Phi) is 5.93. The summed E-state index contributed by atoms with van der Waals surface area (Å²) in [7, 11) is 0. The molecule has 0 aliphatic carbocycles. The van der Waals surface area contributed by atoms with Gasteiger partial charge in [-0.3, -0.25) is 4.79 Å². The molecule has 1 amide bonds. The minimum Gasteiger partial charge on any atom is -0.399 e. The van der Waals surface area contributed by atoms with E-state index in [1.807, 2.05) is 6.07 Å². The normalized spacial score (nSPS) is 10.8. The maximum atomic E-state index is 12.1. The topological polar surface area (TPSA) is 90.9 Å². The fourth-order valence-electron chi connectivity index (χ4n) is 1.72. The zero-order valence-corrected chi connectivity index (χ0v) is 14.4. The number of nitrogens with zero attached hydrogens (tertiary/aromatic N) is 1. The van der Waals surface area contributed by atoms with Gasteiger partial charge in [0.2, 0.25) is 0 Å². The van der Waals surface area contributed by atoms with Gasteiger partial charge < -0.3 is 16.4 Å². The van der Waals surface area contributed by atoms with Crippen LogP contribution < -0.4 is 16.4 Å². The Morgan fingerprint density at radius 2 is 1.83 bits per heavy atom. The number of rotatable bonds is 4. The first-order valence-electron chi connectivity index (χ1n) is 6.59. The van der Waals surface area contributed by atoms with Gasteiger partial charge in [0.05, 0.1) is 20.8 Å². The number of hydrogen-bond donors (Lipinski definition) is 3. The Bertz CT molecular complexity index is 859. The zero-order valence-electron chi connectivity index (χ0n) is 12.1. The summed E-state index contributed by atoms with van der Waals surface area (Å²) in [5, 5.41) is 15.5. The SMILES string of the molecule is N#C/C(=C/Nc1ccc(N)cc1Cl)C(=O)Nc1ccc(Cl)c(Cl)c1. The Hall–Kier alpha value is -2.39. The minimum atomic E-state index is -0.602. The number of carbonyl (C=O) groups excluding carboxylic acids is 1. The van der Waals surface area contributed by atoms with E-state index in [1.54, 1.807) is 30.3 Å². The quantitative estimate of drug-likeness (QED) is 0.407. The predicted octanol–water partition coefficient (Wildman–Crippen LogP) is 4.69. The Morgan fingerprint density at radius 1 is 1.08 bits per heavy atom. The minimum absolute atomic E-state index is 0.144. The number of nitrogens with one attached hydrogen (secondary N) is 2. The number of benzene rings is 2. The lowest BCUT2D eigenvalue weighted by atomic mass is 10.2. The molecule has 5 nitrogen and oxygen atoms in total. The molecular formula is C16H11Cl3N4O. The third-order valence-electron chi connectivity index (χ3n) is 2.91. The monoisotopic (exact) mass is 380 g/mol. The fraction of sp³-hybridized carbons (Fsp3) is 0. The maximum Gasteiger partial charge on any atom is 0.267 e. The van der Waals surface area contributed by atoms with Crippen LogP contribution in [0, 0.1) is 11.3 Å². The molecule has 0 fully saturated rings. The lowest BCUT2D eigenvalue weighted by Crippen LogP contribution is -2.14. The van der Waals surface area contributed by atoms with E-state index in [9.17, 15) is 4.79 Å². The third-order valence-corrected chi connectivity index (χ3v) is 3.96. The van der Waals surface area contributed by atoms with Gasteiger partial charge in [-0.1, -0.05) is 34.8 Å². The van der Waals surface area contributed by atoms with E-state index in [2.05, 4.69) is 10.6 Å². The summed E-state index contributed by atoms with van der Waals surface area (Å²) in [4.78, 5) is 12.1. The van der Waals surface area contributed by atoms with Crippen molar-refractivity contribution in [1.29, 1.82) is 5.26 Å². The third kappa shape index (κ3) is 4.56. The van der Waals surface area contributed by atoms with E-state index in [-0.39, 0.29) is 5.57 Å². The van der Waals surface area contributed by atoms with Crippen molar-refractivity contribution in [2.24, 2.45) is 0 Å². The van der Waals surface area contributed by atoms with Gasteiger partial charge in [-0.15, -0.1) is 0 Å². The highest BCUT2D eigenvalue weighted by Crippen LogP contribution is 2.26. The molecule has 24 heavy (non-hydrogen) atoms. The molecule has 8 heteroatoms. The number of hydrogen-bond acceptors (Lipinski definition) is 4. The molecule has 2 aromatic carbocycles. The van der Waals surface area contributed by atoms with Gasteiger partial charge in [0.15, 0.2) is 0 Å². The van der Waals surface area contributed by atoms with E-state index in [0.29, 0.717) is 32.1 Å². The number of nitrogen functional groups attached to an aromatic ring is 1. The summed E-state index contributed by atoms with van der Waals surface area (Å²) in [5.41, 5.74) is 6.90. The average molecular weight is 382 g/mol. The van der Waals surface area contributed by atoms with Crippen LogP contribution in [0.15, 0.2) is 48.2 Å². The molecular weight excluding hydrogens is 371 g/mol. The zero-order chi connectivity index (χ0) is 17.7. The Morgan fingerprint density at radius 3 is 2.46 bits per heavy atom. The van der Waals surface area contributed by atoms with E-state index in [1.165, 1.54) is 12.3 Å². The van der Waals surface area contributed by atoms with Crippen LogP contribution in [0.25, 0.3) is 0 Å². The van der Waals surface area contributed by atoms with Crippen LogP contribution in [-0.4, -0.2) is 5.91 Å². The van der Waals surface area contributed by atoms with Gasteiger partial charge in [-0.25, -0.2) is 0 Å². The Balaban J connectivity index is 2.13. The van der Waals surface area contributed by atoms with Crippen LogP contribution in [0.4, 0.5) is 17.1 Å². The summed E-state index contributed by atoms with van der Waals surface area (Å²) in [6, 6.07) is 11.3. The van der Waals surface area contributed by atoms with Crippen LogP contribution >= 0.6 is 34.8 Å². The Labute approximate surface area is 153 Å². The van der Waals surface area contributed by atoms with Crippen molar-refractivity contribution in [2.75, 3.05) is 16.4 Å². The van der Waals surface area contributed by atoms with Crippen molar-refractivity contribution in [3.63, 3.8) is 0 Å². The number of nitrogens with two attached hydrogens (primary N) is 1. The molecule has 0 bridgehead atoms. The standard InChI is InChI=1S/C16H11Cl3N4O/c17-12-3-2-11(6-13(12)18)23-16(24)9(7-20)8-22-15-4-1-10(21)5-14(15)19/h1-6,8,22H,21H2,(H,23,24)/b9-8-. The van der Waals surface area contributed by atoms with Gasteiger partial charge in [0.25, 0.3) is 5.91 Å². The molecule has 0 saturated heterocycles. The summed E-state index contributed by atoms with van der Waals surface area (Å²) in [6.07, 6.45) is 1.25. The van der Waals surface area contributed by atoms with Gasteiger partial charge in [-0.05, 0) is 36.4 Å². The van der Waals surface area contributed by atoms with Crippen LogP contribution in [0.3, 0.4) is 0 Å². The van der Waals surface area contributed by atoms with Crippen molar-refractivity contribution < 1.29 is 4.79 Å². The molecule has 0 aromatic heterocycles. The molecule has 0 atom stereocenters. The van der Waals surface area contributed by atoms with Crippen LogP contribution in [0.5, 0.6) is 0 Å². The highest BCUT2D eigenvalue weighted by Gasteiger charge is 2.10. The largest absolute Gasteiger partial charge is 0.399 e. The maximum absolute atomic E-state index is 12.1. The van der Waals surface area contributed by atoms with Crippen molar-refractivity contribution >= 4 is 57.8 Å². The van der Waals surface area contributed by atoms with E-state index < -0.39 is 5.91 Å². The molecule has 0 spiro atoms. The molecule has 0 saturated carbocycles. The lowest BCUT2D eigenvalue weighted by molar-refractivity contribution is -0.112. The van der Waals surface area contributed by atoms with Crippen molar-refractivity contribution in [2.45, 2.75) is 0 Å². The van der Waals surface area contributed by atoms with Gasteiger partial charge in [0.1, 0.15) is 11.6 Å². The number of anilines is 3. The van der Waals surface area contributed by atoms with Gasteiger partial charge >= 0.3 is 0 Å². The van der Waals surface area contributed by atoms with E-state index >= 15 is 0 Å². The summed E-state index contributed by atoms with van der Waals surface area (Å²) < 4.78 is 0. The number of carbonyl (C=O) groups is 1. The second kappa shape index (κ2) is 7.93. The van der Waals surface area contributed by atoms with Crippen molar-refractivity contribution in [3.05, 3.63) is 63.2 Å². The van der Waals surface area contributed by atoms with Crippen molar-refractivity contribution in [3.8, 4) is 6.07 Å². The molecule has 4 N–H and O–H groups in total. The summed E-state index contributed by atoms with van der Waals surface area (Å²) in [5.74, 6) is -0.602. The first kappa shape index (κ1) is 18.0. The van der Waals surface area contributed by atoms with Gasteiger partial charge in [-0.2, -0.15) is 5.26 Å². The molecule has 0 heterocycles. The van der Waals surface area contributed by atoms with Crippen LogP contribution in [0.1, 0.15) is 0 Å². The number of amides is 1. The predicted molar refractivity (Wildman–Crippen MR) is 98.3 cm³/mol. The second-order valence-electron chi connectivity index (χ2n) is 4.64. The van der Waals surface area contributed by atoms with E-state index in [4.69, 9.17) is 45.8 Å². The highest BCUT2D eigenvalue weighted by molar-refractivity contribution is 6.42. The van der Waals surface area contributed by atoms with Crippen LogP contribution in [-0.2, 0) is 4.79 Å². The molecule has 0 unspecified atom stereocenters. The lowest BCUT2D eigenvalue weighted by Gasteiger charge is -2.07. The molecule has 0 aliphatic rings. The average Bonchev–Trinajstić information content (AvgIpc) is 2.53. The van der Waals surface area contributed by atoms with Crippen LogP contribution in [0.2, 0.25) is 15.1 Å². The number of nitriles is 1. The van der Waals surface area contributed by atoms with E-state index in [0.717, 1.165) is 0 Å². The molecule has 2 aromatic rings. The molecule has 122 valence electrons. The first-order chi connectivity index (χ1) is 11.4. The van der Waals surface area contributed by atoms with Gasteiger partial charge in [0, 0.05) is 17.6 Å². The van der Waals surface area contributed by atoms with Crippen molar-refractivity contribution in [1.82, 2.24) is 0 Å². The summed E-state index contributed by atoms with van der Waals surface area (Å²) in [6.45, 7) is 0. The smallest absolute Gasteiger partial charge is 0.267 e. The molecule has 0 radical (unpaired) electrons. The summed E-state index contributed by atoms with van der Waals surface area (Å²) >= 11 is 17.7. The fourth-order valence-corrected chi connectivity index (χ4v) is 2.26. The highest BCUT2D eigenvalue weighted by atomic mass is 35.5. The molecule has 2 rings (SSSR count). The number of halogens is 3. The first-order valence-corrected chi connectivity index (χ1v) is 7.72.